The minimum atomic E-state index is -0.389. The first-order valence-corrected chi connectivity index (χ1v) is 5.60. The van der Waals surface area contributed by atoms with E-state index in [1.54, 1.807) is 6.92 Å². The molecule has 1 rings (SSSR count). The minimum Gasteiger partial charge on any atom is -0.490 e. The highest BCUT2D eigenvalue weighted by Gasteiger charge is 2.02. The Labute approximate surface area is 103 Å². The third kappa shape index (κ3) is 4.49. The van der Waals surface area contributed by atoms with Gasteiger partial charge in [-0.1, -0.05) is 22.5 Å². The van der Waals surface area contributed by atoms with Gasteiger partial charge < -0.3 is 9.47 Å². The minimum absolute atomic E-state index is 0.224. The van der Waals surface area contributed by atoms with Crippen LogP contribution in [0, 0.1) is 0 Å². The van der Waals surface area contributed by atoms with Crippen LogP contribution < -0.4 is 4.74 Å². The summed E-state index contributed by atoms with van der Waals surface area (Å²) in [5.41, 5.74) is 0.392. The Morgan fingerprint density at radius 1 is 1.31 bits per heavy atom. The third-order valence-corrected chi connectivity index (χ3v) is 2.28. The smallest absolute Gasteiger partial charge is 0.333 e. The van der Waals surface area contributed by atoms with E-state index in [2.05, 4.69) is 22.5 Å². The Hall–Kier alpha value is -1.29. The average Bonchev–Trinajstić information content (AvgIpc) is 2.26. The number of halogens is 1. The zero-order chi connectivity index (χ0) is 12.0. The number of benzene rings is 1. The number of ether oxygens (including phenoxy) is 2. The molecule has 0 fully saturated rings. The Bertz CT molecular complexity index is 370. The largest absolute Gasteiger partial charge is 0.490 e. The summed E-state index contributed by atoms with van der Waals surface area (Å²) < 4.78 is 11.2. The van der Waals surface area contributed by atoms with Crippen molar-refractivity contribution >= 4 is 21.9 Å². The van der Waals surface area contributed by atoms with Crippen LogP contribution in [0.25, 0.3) is 0 Å². The number of hydrogen-bond acceptors (Lipinski definition) is 3. The van der Waals surface area contributed by atoms with Crippen molar-refractivity contribution in [1.29, 1.82) is 0 Å². The summed E-state index contributed by atoms with van der Waals surface area (Å²) in [6.07, 6.45) is 0. The molecule has 0 aliphatic heterocycles. The molecule has 0 atom stereocenters. The van der Waals surface area contributed by atoms with Crippen LogP contribution in [-0.4, -0.2) is 19.2 Å². The molecule has 0 unspecified atom stereocenters. The lowest BCUT2D eigenvalue weighted by Crippen LogP contribution is -2.12. The van der Waals surface area contributed by atoms with Gasteiger partial charge in [0.2, 0.25) is 0 Å². The molecule has 0 aromatic heterocycles. The Balaban J connectivity index is 2.23. The predicted molar refractivity (Wildman–Crippen MR) is 65.4 cm³/mol. The fourth-order valence-electron chi connectivity index (χ4n) is 0.948. The predicted octanol–water partition coefficient (Wildman–Crippen LogP) is 2.95. The Morgan fingerprint density at radius 2 is 1.94 bits per heavy atom. The molecular weight excluding hydrogens is 272 g/mol. The fourth-order valence-corrected chi connectivity index (χ4v) is 1.21. The van der Waals surface area contributed by atoms with Gasteiger partial charge in [0.15, 0.2) is 0 Å². The Kier molecular flexibility index (Phi) is 5.05. The molecule has 0 bridgehead atoms. The van der Waals surface area contributed by atoms with E-state index in [0.717, 1.165) is 10.2 Å². The van der Waals surface area contributed by atoms with Crippen LogP contribution in [0.1, 0.15) is 6.92 Å². The van der Waals surface area contributed by atoms with Crippen LogP contribution in [0.4, 0.5) is 0 Å². The van der Waals surface area contributed by atoms with Crippen molar-refractivity contribution < 1.29 is 14.3 Å². The van der Waals surface area contributed by atoms with E-state index in [4.69, 9.17) is 9.47 Å². The summed E-state index contributed by atoms with van der Waals surface area (Å²) in [7, 11) is 0. The molecule has 0 saturated heterocycles. The fraction of sp³-hybridized carbons (Fsp3) is 0.250. The van der Waals surface area contributed by atoms with Crippen LogP contribution in [0.5, 0.6) is 5.75 Å². The number of esters is 1. The van der Waals surface area contributed by atoms with Gasteiger partial charge in [-0.25, -0.2) is 4.79 Å². The van der Waals surface area contributed by atoms with Crippen molar-refractivity contribution in [3.8, 4) is 5.75 Å². The molecule has 0 amide bonds. The number of carbonyl (C=O) groups excluding carboxylic acids is 1. The van der Waals surface area contributed by atoms with Gasteiger partial charge in [-0.2, -0.15) is 0 Å². The summed E-state index contributed by atoms with van der Waals surface area (Å²) in [4.78, 5) is 11.0. The number of carbonyl (C=O) groups is 1. The zero-order valence-electron chi connectivity index (χ0n) is 9.03. The van der Waals surface area contributed by atoms with E-state index >= 15 is 0 Å². The van der Waals surface area contributed by atoms with Crippen molar-refractivity contribution in [2.24, 2.45) is 0 Å². The molecule has 1 aromatic rings. The second kappa shape index (κ2) is 6.33. The average molecular weight is 285 g/mol. The van der Waals surface area contributed by atoms with Crippen molar-refractivity contribution in [3.05, 3.63) is 40.9 Å². The maximum atomic E-state index is 11.0. The van der Waals surface area contributed by atoms with E-state index in [9.17, 15) is 4.79 Å². The monoisotopic (exact) mass is 284 g/mol. The quantitative estimate of drug-likeness (QED) is 0.474. The highest BCUT2D eigenvalue weighted by Crippen LogP contribution is 2.15. The molecule has 1 aromatic carbocycles. The maximum Gasteiger partial charge on any atom is 0.333 e. The van der Waals surface area contributed by atoms with E-state index < -0.39 is 0 Å². The molecule has 0 saturated carbocycles. The highest BCUT2D eigenvalue weighted by molar-refractivity contribution is 9.10. The van der Waals surface area contributed by atoms with Crippen LogP contribution in [0.2, 0.25) is 0 Å². The molecule has 0 N–H and O–H groups in total. The van der Waals surface area contributed by atoms with E-state index in [1.165, 1.54) is 0 Å². The van der Waals surface area contributed by atoms with Crippen molar-refractivity contribution in [2.45, 2.75) is 6.92 Å². The van der Waals surface area contributed by atoms with Crippen molar-refractivity contribution in [3.63, 3.8) is 0 Å². The summed E-state index contributed by atoms with van der Waals surface area (Å²) in [5, 5.41) is 0. The van der Waals surface area contributed by atoms with Gasteiger partial charge in [-0.15, -0.1) is 0 Å². The summed E-state index contributed by atoms with van der Waals surface area (Å²) >= 11 is 3.33. The highest BCUT2D eigenvalue weighted by atomic mass is 79.9. The molecule has 86 valence electrons. The van der Waals surface area contributed by atoms with E-state index in [-0.39, 0.29) is 12.6 Å². The first-order valence-electron chi connectivity index (χ1n) is 4.80. The maximum absolute atomic E-state index is 11.0. The summed E-state index contributed by atoms with van der Waals surface area (Å²) in [5.74, 6) is 0.356. The second-order valence-corrected chi connectivity index (χ2v) is 4.13. The summed E-state index contributed by atoms with van der Waals surface area (Å²) in [6.45, 7) is 5.65. The number of rotatable bonds is 5. The second-order valence-electron chi connectivity index (χ2n) is 3.22. The van der Waals surface area contributed by atoms with Gasteiger partial charge in [0.05, 0.1) is 0 Å². The molecule has 4 heteroatoms. The molecule has 0 spiro atoms. The SMILES string of the molecule is C=C(C)C(=O)OCCOc1ccc(Br)cc1. The standard InChI is InChI=1S/C12H13BrO3/c1-9(2)12(14)16-8-7-15-11-5-3-10(13)4-6-11/h3-6H,1,7-8H2,2H3. The van der Waals surface area contributed by atoms with Gasteiger partial charge in [0.1, 0.15) is 19.0 Å². The molecule has 0 heterocycles. The van der Waals surface area contributed by atoms with Gasteiger partial charge in [0, 0.05) is 10.0 Å². The zero-order valence-corrected chi connectivity index (χ0v) is 10.6. The first-order chi connectivity index (χ1) is 7.59. The lowest BCUT2D eigenvalue weighted by atomic mass is 10.3. The van der Waals surface area contributed by atoms with Crippen LogP contribution in [-0.2, 0) is 9.53 Å². The normalized spacial score (nSPS) is 9.62. The molecule has 0 radical (unpaired) electrons. The molecule has 16 heavy (non-hydrogen) atoms. The van der Waals surface area contributed by atoms with Gasteiger partial charge in [-0.3, -0.25) is 0 Å². The lowest BCUT2D eigenvalue weighted by molar-refractivity contribution is -0.139. The molecule has 3 nitrogen and oxygen atoms in total. The van der Waals surface area contributed by atoms with Crippen LogP contribution in [0.15, 0.2) is 40.9 Å². The van der Waals surface area contributed by atoms with E-state index in [1.807, 2.05) is 24.3 Å². The van der Waals surface area contributed by atoms with Crippen molar-refractivity contribution in [2.75, 3.05) is 13.2 Å². The molecule has 0 aliphatic rings. The van der Waals surface area contributed by atoms with Gasteiger partial charge in [0.25, 0.3) is 0 Å². The van der Waals surface area contributed by atoms with Crippen molar-refractivity contribution in [1.82, 2.24) is 0 Å². The lowest BCUT2D eigenvalue weighted by Gasteiger charge is -2.07. The van der Waals surface area contributed by atoms with Gasteiger partial charge in [-0.05, 0) is 31.2 Å². The topological polar surface area (TPSA) is 35.5 Å². The number of hydrogen-bond donors (Lipinski definition) is 0. The molecule has 0 aliphatic carbocycles. The third-order valence-electron chi connectivity index (χ3n) is 1.75. The van der Waals surface area contributed by atoms with Crippen LogP contribution >= 0.6 is 15.9 Å². The van der Waals surface area contributed by atoms with Crippen LogP contribution in [0.3, 0.4) is 0 Å². The van der Waals surface area contributed by atoms with Gasteiger partial charge >= 0.3 is 5.97 Å². The van der Waals surface area contributed by atoms with E-state index in [0.29, 0.717) is 12.2 Å². The Morgan fingerprint density at radius 3 is 2.50 bits per heavy atom. The molecular formula is C12H13BrO3. The summed E-state index contributed by atoms with van der Waals surface area (Å²) in [6, 6.07) is 7.44. The first kappa shape index (κ1) is 12.8.